The molecule has 1 saturated heterocycles. The number of methoxy groups -OCH3 is 1. The smallest absolute Gasteiger partial charge is 0.380 e. The molecule has 1 aromatic rings. The molecule has 0 amide bonds. The molecule has 0 aromatic carbocycles. The molecule has 12 nitrogen and oxygen atoms in total. The second-order valence-corrected chi connectivity index (χ2v) is 20.4. The zero-order chi connectivity index (χ0) is 40.0. The van der Waals surface area contributed by atoms with Crippen molar-refractivity contribution in [2.45, 2.75) is 119 Å². The molecule has 2 heterocycles. The van der Waals surface area contributed by atoms with Gasteiger partial charge in [0.15, 0.2) is 0 Å². The maximum Gasteiger partial charge on any atom is 0.380 e. The minimum atomic E-state index is -3.25. The molecule has 3 aliphatic rings. The van der Waals surface area contributed by atoms with E-state index in [9.17, 15) is 9.13 Å². The number of hydrogen-bond donors (Lipinski definition) is 2. The third-order valence-electron chi connectivity index (χ3n) is 8.96. The molecule has 0 radical (unpaired) electrons. The highest BCUT2D eigenvalue weighted by atomic mass is 35.9. The normalized spacial score (nSPS) is 21.6. The summed E-state index contributed by atoms with van der Waals surface area (Å²) in [5.74, 6) is 1.68. The summed E-state index contributed by atoms with van der Waals surface area (Å²) in [6.07, 6.45) is 12.4. The van der Waals surface area contributed by atoms with Crippen LogP contribution in [0.2, 0.25) is 0 Å². The van der Waals surface area contributed by atoms with E-state index >= 15 is 0 Å². The van der Waals surface area contributed by atoms with Crippen molar-refractivity contribution in [3.8, 4) is 0 Å². The summed E-state index contributed by atoms with van der Waals surface area (Å²) < 4.78 is 48.1. The number of pyridine rings is 1. The van der Waals surface area contributed by atoms with Gasteiger partial charge in [0.2, 0.25) is 0 Å². The number of ether oxygens (including phenoxy) is 2. The Bertz CT molecular complexity index is 1060. The van der Waals surface area contributed by atoms with E-state index in [0.29, 0.717) is 44.2 Å². The first-order chi connectivity index (χ1) is 25.2. The molecule has 4 rings (SSSR count). The van der Waals surface area contributed by atoms with Crippen molar-refractivity contribution < 1.29 is 42.4 Å². The van der Waals surface area contributed by atoms with Gasteiger partial charge in [-0.2, -0.15) is 0 Å². The highest BCUT2D eigenvalue weighted by molar-refractivity contribution is 8.05. The monoisotopic (exact) mass is 884 g/mol. The average molecular weight is 885 g/mol. The minimum absolute atomic E-state index is 0. The number of anilines is 1. The van der Waals surface area contributed by atoms with Gasteiger partial charge in [0.1, 0.15) is 0 Å². The topological polar surface area (TPSA) is 140 Å². The average Bonchev–Trinajstić information content (AvgIpc) is 3.13. The second-order valence-electron chi connectivity index (χ2n) is 14.1. The van der Waals surface area contributed by atoms with E-state index in [1.54, 1.807) is 26.2 Å². The van der Waals surface area contributed by atoms with E-state index in [4.69, 9.17) is 51.2 Å². The lowest BCUT2D eigenvalue weighted by Gasteiger charge is -2.28. The Morgan fingerprint density at radius 3 is 1.66 bits per heavy atom. The van der Waals surface area contributed by atoms with E-state index in [0.717, 1.165) is 97.1 Å². The van der Waals surface area contributed by atoms with Crippen LogP contribution in [0.4, 0.5) is 5.69 Å². The Balaban J connectivity index is -0.000000314. The molecule has 3 fully saturated rings. The lowest BCUT2D eigenvalue weighted by Crippen LogP contribution is -2.32. The van der Waals surface area contributed by atoms with Crippen LogP contribution in [-0.4, -0.2) is 120 Å². The number of morpholine rings is 1. The van der Waals surface area contributed by atoms with Gasteiger partial charge in [0, 0.05) is 72.3 Å². The molecule has 338 valence electrons. The van der Waals surface area contributed by atoms with Crippen molar-refractivity contribution >= 4 is 41.8 Å². The SMILES string of the molecule is C.C.C.CCCCOP(=O)(Cl)Cl.CCCCOP(C)(=O)OCC1CCC(COC)CC1.CN(C)c1ccncc1.CN1CCOCC1.OCC1CCC(O)CC1. The molecule has 2 aliphatic carbocycles. The highest BCUT2D eigenvalue weighted by Gasteiger charge is 2.24. The van der Waals surface area contributed by atoms with E-state index < -0.39 is 13.7 Å². The van der Waals surface area contributed by atoms with Crippen LogP contribution in [0, 0.1) is 17.8 Å². The third-order valence-corrected chi connectivity index (χ3v) is 11.3. The summed E-state index contributed by atoms with van der Waals surface area (Å²) in [6, 6.07) is 3.94. The maximum absolute atomic E-state index is 12.0. The zero-order valence-electron chi connectivity index (χ0n) is 33.7. The van der Waals surface area contributed by atoms with Gasteiger partial charge in [0.05, 0.1) is 39.1 Å². The van der Waals surface area contributed by atoms with E-state index in [-0.39, 0.29) is 28.4 Å². The Morgan fingerprint density at radius 1 is 0.821 bits per heavy atom. The molecular formula is C40H85Cl2N3O9P2. The van der Waals surface area contributed by atoms with Gasteiger partial charge < -0.3 is 43.1 Å². The predicted molar refractivity (Wildman–Crippen MR) is 240 cm³/mol. The van der Waals surface area contributed by atoms with Crippen molar-refractivity contribution in [2.24, 2.45) is 17.8 Å². The van der Waals surface area contributed by atoms with Crippen molar-refractivity contribution in [3.05, 3.63) is 24.5 Å². The van der Waals surface area contributed by atoms with E-state index in [1.807, 2.05) is 38.1 Å². The lowest BCUT2D eigenvalue weighted by molar-refractivity contribution is 0.0503. The van der Waals surface area contributed by atoms with Crippen molar-refractivity contribution in [1.29, 1.82) is 0 Å². The first kappa shape index (κ1) is 62.3. The number of likely N-dealkylation sites (N-methyl/N-ethyl adjacent to an activating group) is 1. The quantitative estimate of drug-likeness (QED) is 0.128. The number of aliphatic hydroxyl groups is 2. The summed E-state index contributed by atoms with van der Waals surface area (Å²) >= 11 is 10.1. The Kier molecular flexibility index (Phi) is 43.2. The van der Waals surface area contributed by atoms with Gasteiger partial charge in [0.25, 0.3) is 0 Å². The van der Waals surface area contributed by atoms with Crippen LogP contribution in [0.25, 0.3) is 0 Å². The van der Waals surface area contributed by atoms with Gasteiger partial charge in [-0.25, -0.2) is 0 Å². The first-order valence-corrected chi connectivity index (χ1v) is 24.7. The molecule has 56 heavy (non-hydrogen) atoms. The number of unbranched alkanes of at least 4 members (excludes halogenated alkanes) is 2. The van der Waals surface area contributed by atoms with E-state index in [2.05, 4.69) is 28.4 Å². The van der Waals surface area contributed by atoms with Crippen LogP contribution in [-0.2, 0) is 32.2 Å². The van der Waals surface area contributed by atoms with E-state index in [1.165, 1.54) is 18.5 Å². The molecule has 2 N–H and O–H groups in total. The van der Waals surface area contributed by atoms with Crippen LogP contribution in [0.3, 0.4) is 0 Å². The van der Waals surface area contributed by atoms with Crippen LogP contribution in [0.1, 0.15) is 113 Å². The summed E-state index contributed by atoms with van der Waals surface area (Å²) in [5, 5.41) is 17.7. The lowest BCUT2D eigenvalue weighted by atomic mass is 9.83. The van der Waals surface area contributed by atoms with Gasteiger partial charge in [-0.15, -0.1) is 0 Å². The fourth-order valence-electron chi connectivity index (χ4n) is 5.39. The van der Waals surface area contributed by atoms with Gasteiger partial charge in [-0.1, -0.05) is 49.0 Å². The van der Waals surface area contributed by atoms with Crippen molar-refractivity contribution in [3.63, 3.8) is 0 Å². The Labute approximate surface area is 353 Å². The number of aromatic nitrogens is 1. The highest BCUT2D eigenvalue weighted by Crippen LogP contribution is 2.57. The standard InChI is InChI=1S/C14H29O4P.C7H10N2.C7H14O2.C5H11NO.C4H9Cl2O2P.3CH4/c1-4-5-10-17-19(3,15)18-12-14-8-6-13(7-9-14)11-16-2;1-9(2)7-3-5-8-6-4-7;8-5-6-1-3-7(9)4-2-6;1-6-2-4-7-5-3-6;1-2-3-4-8-9(5,6)7;;;/h13-14H,4-12H2,1-3H3;3-6H,1-2H3;6-9H,1-5H2;2-5H2,1H3;2-4H2,1H3;3*1H4. The molecule has 2 saturated carbocycles. The summed E-state index contributed by atoms with van der Waals surface area (Å²) in [6.45, 7) is 12.3. The van der Waals surface area contributed by atoms with Crippen molar-refractivity contribution in [1.82, 2.24) is 9.88 Å². The van der Waals surface area contributed by atoms with Crippen LogP contribution in [0.5, 0.6) is 0 Å². The van der Waals surface area contributed by atoms with Gasteiger partial charge in [-0.3, -0.25) is 14.1 Å². The summed E-state index contributed by atoms with van der Waals surface area (Å²) in [5.41, 5.74) is 1.19. The molecular weight excluding hydrogens is 799 g/mol. The minimum Gasteiger partial charge on any atom is -0.396 e. The fourth-order valence-corrected chi connectivity index (χ4v) is 7.17. The first-order valence-electron chi connectivity index (χ1n) is 19.3. The second kappa shape index (κ2) is 38.8. The molecule has 1 aromatic heterocycles. The third kappa shape index (κ3) is 37.9. The largest absolute Gasteiger partial charge is 0.396 e. The Hall–Kier alpha value is -0.330. The molecule has 0 bridgehead atoms. The molecule has 0 spiro atoms. The van der Waals surface area contributed by atoms with Crippen molar-refractivity contribution in [2.75, 3.05) is 99.2 Å². The summed E-state index contributed by atoms with van der Waals surface area (Å²) in [4.78, 5) is 8.21. The molecule has 16 heteroatoms. The summed E-state index contributed by atoms with van der Waals surface area (Å²) in [7, 11) is 5.05. The van der Waals surface area contributed by atoms with Crippen LogP contribution >= 0.6 is 36.2 Å². The van der Waals surface area contributed by atoms with Crippen LogP contribution in [0.15, 0.2) is 24.5 Å². The zero-order valence-corrected chi connectivity index (χ0v) is 37.0. The Morgan fingerprint density at radius 2 is 1.29 bits per heavy atom. The molecule has 1 aliphatic heterocycles. The van der Waals surface area contributed by atoms with Crippen LogP contribution < -0.4 is 4.90 Å². The number of hydrogen-bond acceptors (Lipinski definition) is 12. The predicted octanol–water partition coefficient (Wildman–Crippen LogP) is 11.0. The number of halogens is 2. The maximum atomic E-state index is 12.0. The fraction of sp³-hybridized carbons (Fsp3) is 0.875. The number of nitrogens with zero attached hydrogens (tertiary/aromatic N) is 3. The number of aliphatic hydroxyl groups excluding tert-OH is 2. The molecule has 1 atom stereocenters. The number of rotatable bonds is 15. The van der Waals surface area contributed by atoms with Gasteiger partial charge >= 0.3 is 13.7 Å². The molecule has 1 unspecified atom stereocenters. The van der Waals surface area contributed by atoms with Gasteiger partial charge in [-0.05, 0) is 124 Å².